The third-order valence-electron chi connectivity index (χ3n) is 26.6. The highest BCUT2D eigenvalue weighted by molar-refractivity contribution is 9.11. The van der Waals surface area contributed by atoms with Crippen LogP contribution in [-0.4, -0.2) is 75.8 Å². The molecule has 636 valence electrons. The van der Waals surface area contributed by atoms with E-state index in [0.717, 1.165) is 191 Å². The van der Waals surface area contributed by atoms with Crippen molar-refractivity contribution < 1.29 is 9.31 Å². The van der Waals surface area contributed by atoms with Gasteiger partial charge in [0, 0.05) is 57.2 Å². The van der Waals surface area contributed by atoms with Crippen LogP contribution in [0.2, 0.25) is 0 Å². The molecule has 0 aliphatic carbocycles. The van der Waals surface area contributed by atoms with E-state index < -0.39 is 0 Å². The third kappa shape index (κ3) is 13.4. The molecule has 8 aromatic heterocycles. The normalized spacial score (nSPS) is 13.2. The second-order valence-electron chi connectivity index (χ2n) is 35.1. The van der Waals surface area contributed by atoms with Gasteiger partial charge in [0.1, 0.15) is 45.9 Å². The molecular formula is C116H76BBr3N12O2. The van der Waals surface area contributed by atoms with E-state index in [0.29, 0.717) is 0 Å². The Morgan fingerprint density at radius 1 is 0.224 bits per heavy atom. The monoisotopic (exact) mass is 1920 g/mol. The molecular weight excluding hydrogens is 1840 g/mol. The molecule has 0 N–H and O–H groups in total. The Bertz CT molecular complexity index is 9470. The fourth-order valence-electron chi connectivity index (χ4n) is 19.5. The number of rotatable bonds is 6. The second kappa shape index (κ2) is 32.0. The van der Waals surface area contributed by atoms with E-state index in [1.54, 1.807) is 0 Å². The maximum Gasteiger partial charge on any atom is 0.494 e. The lowest BCUT2D eigenvalue weighted by Gasteiger charge is -2.32. The highest BCUT2D eigenvalue weighted by Crippen LogP contribution is 2.47. The SMILES string of the molecule is Brc1c2ccccc2c(-c2cccc(-c3nc4ccccc4c4nc5ccccc5n34)c2)c2ccccc12.Brc1c2ccccc2c(-c2nc3ccccc3c3nc4ccccc4n23)c2ccccc12.Brc1ccc2cc(-c3nc4ccccc4c4nc5ccccc5n34)ccc2c1.CC1(C)OB(c2ccc3cc(-c4nc5ccccc5c5nc6ccccc6n45)ccc3c2)OC1(C)C. The molecule has 9 heterocycles. The summed E-state index contributed by atoms with van der Waals surface area (Å²) in [7, 11) is -0.377. The van der Waals surface area contributed by atoms with Crippen LogP contribution in [-0.2, 0) is 9.31 Å². The highest BCUT2D eigenvalue weighted by Gasteiger charge is 2.52. The summed E-state index contributed by atoms with van der Waals surface area (Å²) in [6.45, 7) is 8.32. The highest BCUT2D eigenvalue weighted by atomic mass is 79.9. The molecule has 14 nitrogen and oxygen atoms in total. The largest absolute Gasteiger partial charge is 0.494 e. The lowest BCUT2D eigenvalue weighted by atomic mass is 9.78. The average Bonchev–Trinajstić information content (AvgIpc) is 1.09. The summed E-state index contributed by atoms with van der Waals surface area (Å²) in [4.78, 5) is 40.5. The molecule has 0 bridgehead atoms. The van der Waals surface area contributed by atoms with E-state index in [9.17, 15) is 0 Å². The minimum absolute atomic E-state index is 0.364. The number of fused-ring (bicyclic) bond motifs is 26. The lowest BCUT2D eigenvalue weighted by molar-refractivity contribution is 0.00578. The minimum atomic E-state index is -0.377. The summed E-state index contributed by atoms with van der Waals surface area (Å²) in [5.74, 6) is 3.59. The van der Waals surface area contributed by atoms with Gasteiger partial charge >= 0.3 is 7.12 Å². The Hall–Kier alpha value is -15.3. The number of nitrogens with zero attached hydrogens (tertiary/aromatic N) is 12. The van der Waals surface area contributed by atoms with Crippen LogP contribution >= 0.6 is 47.8 Å². The van der Waals surface area contributed by atoms with Crippen molar-refractivity contribution in [1.29, 1.82) is 0 Å². The average molecular weight is 1920 g/mol. The number of halogens is 3. The van der Waals surface area contributed by atoms with Crippen molar-refractivity contribution in [2.45, 2.75) is 38.9 Å². The molecule has 0 unspecified atom stereocenters. The van der Waals surface area contributed by atoms with Crippen LogP contribution in [0, 0.1) is 0 Å². The van der Waals surface area contributed by atoms with Crippen molar-refractivity contribution in [2.75, 3.05) is 0 Å². The first-order valence-electron chi connectivity index (χ1n) is 44.7. The van der Waals surface area contributed by atoms with Gasteiger partial charge in [-0.2, -0.15) is 0 Å². The summed E-state index contributed by atoms with van der Waals surface area (Å²) < 4.78 is 24.6. The predicted molar refractivity (Wildman–Crippen MR) is 563 cm³/mol. The number of para-hydroxylation sites is 12. The van der Waals surface area contributed by atoms with Crippen LogP contribution in [0.25, 0.3) is 232 Å². The Morgan fingerprint density at radius 2 is 0.500 bits per heavy atom. The van der Waals surface area contributed by atoms with Crippen molar-refractivity contribution in [1.82, 2.24) is 57.5 Å². The molecule has 0 radical (unpaired) electrons. The van der Waals surface area contributed by atoms with Crippen LogP contribution in [0.4, 0.5) is 0 Å². The molecule has 27 aromatic rings. The molecule has 1 fully saturated rings. The molecule has 0 saturated carbocycles. The second-order valence-corrected chi connectivity index (χ2v) is 37.6. The van der Waals surface area contributed by atoms with Gasteiger partial charge < -0.3 is 9.31 Å². The topological polar surface area (TPSA) is 139 Å². The van der Waals surface area contributed by atoms with E-state index in [-0.39, 0.29) is 18.3 Å². The molecule has 19 aromatic carbocycles. The van der Waals surface area contributed by atoms with Crippen LogP contribution < -0.4 is 5.46 Å². The number of aromatic nitrogens is 12. The van der Waals surface area contributed by atoms with E-state index in [2.05, 4.69) is 396 Å². The summed E-state index contributed by atoms with van der Waals surface area (Å²) in [6.07, 6.45) is 0. The Balaban J connectivity index is 0.0000000961. The standard InChI is InChI=1S/C34H20BrN3.C30H26BN3O2.C28H16BrN3.C24H14BrN3/c35-32-25-14-3-1-12-23(25)31(24-13-2-4-15-26(24)32)21-10-9-11-22(20-21)33-36-28-17-6-5-16-27(28)34-37-29-18-7-8-19-30(29)38(33)34;1-29(2)30(3,4)36-31(35-29)22-16-15-19-17-21(14-13-20(19)18-22)27-32-24-10-6-5-9-23(24)28-33-25-11-7-8-12-26(25)34(27)28;29-26-19-11-3-1-9-17(19)25(18-10-2-4-12-20(18)26)28-30-22-14-6-5-13-21(22)27-31-23-15-7-8-16-24(23)32(27)28;25-18-12-11-15-13-17(10-9-16(15)14-18)23-26-20-6-2-1-5-19(20)24-27-21-7-3-4-8-22(21)28(23)24/h1-20H;5-18H,1-4H3;1-16H;1-14H. The zero-order chi connectivity index (χ0) is 89.8. The first-order chi connectivity index (χ1) is 65.7. The number of hydrogen-bond acceptors (Lipinski definition) is 10. The van der Waals surface area contributed by atoms with Crippen molar-refractivity contribution in [3.05, 3.63) is 402 Å². The zero-order valence-electron chi connectivity index (χ0n) is 72.8. The number of hydrogen-bond donors (Lipinski definition) is 0. The van der Waals surface area contributed by atoms with Crippen molar-refractivity contribution in [3.8, 4) is 56.7 Å². The molecule has 0 amide bonds. The summed E-state index contributed by atoms with van der Waals surface area (Å²) in [5.41, 5.74) is 22.6. The predicted octanol–water partition coefficient (Wildman–Crippen LogP) is 30.0. The van der Waals surface area contributed by atoms with Crippen LogP contribution in [0.3, 0.4) is 0 Å². The fourth-order valence-corrected chi connectivity index (χ4v) is 21.3. The quantitative estimate of drug-likeness (QED) is 0.117. The molecule has 18 heteroatoms. The van der Waals surface area contributed by atoms with E-state index in [4.69, 9.17) is 49.2 Å². The molecule has 1 saturated heterocycles. The van der Waals surface area contributed by atoms with Crippen molar-refractivity contribution in [2.24, 2.45) is 0 Å². The van der Waals surface area contributed by atoms with Crippen LogP contribution in [0.1, 0.15) is 27.7 Å². The summed E-state index contributed by atoms with van der Waals surface area (Å²) in [5, 5.41) is 18.4. The molecule has 28 rings (SSSR count). The lowest BCUT2D eigenvalue weighted by Crippen LogP contribution is -2.41. The van der Waals surface area contributed by atoms with E-state index >= 15 is 0 Å². The van der Waals surface area contributed by atoms with Crippen LogP contribution in [0.5, 0.6) is 0 Å². The molecule has 0 spiro atoms. The van der Waals surface area contributed by atoms with Gasteiger partial charge in [-0.15, -0.1) is 0 Å². The van der Waals surface area contributed by atoms with Gasteiger partial charge in [0.25, 0.3) is 0 Å². The summed E-state index contributed by atoms with van der Waals surface area (Å²) >= 11 is 11.3. The zero-order valence-corrected chi connectivity index (χ0v) is 77.6. The van der Waals surface area contributed by atoms with Gasteiger partial charge in [0.05, 0.1) is 77.4 Å². The first-order valence-corrected chi connectivity index (χ1v) is 47.1. The van der Waals surface area contributed by atoms with Crippen LogP contribution in [0.15, 0.2) is 402 Å². The first kappa shape index (κ1) is 80.8. The molecule has 134 heavy (non-hydrogen) atoms. The Morgan fingerprint density at radius 3 is 0.881 bits per heavy atom. The maximum absolute atomic E-state index is 6.27. The molecule has 1 aliphatic heterocycles. The van der Waals surface area contributed by atoms with Gasteiger partial charge in [-0.25, -0.2) is 39.9 Å². The van der Waals surface area contributed by atoms with Gasteiger partial charge in [-0.05, 0) is 268 Å². The fraction of sp³-hybridized carbons (Fsp3) is 0.0517. The van der Waals surface area contributed by atoms with Gasteiger partial charge in [0.2, 0.25) is 0 Å². The molecule has 1 aliphatic rings. The molecule has 0 atom stereocenters. The minimum Gasteiger partial charge on any atom is -0.399 e. The Kier molecular flexibility index (Phi) is 19.3. The van der Waals surface area contributed by atoms with Crippen molar-refractivity contribution >= 4 is 235 Å². The Labute approximate surface area is 793 Å². The van der Waals surface area contributed by atoms with E-state index in [1.165, 1.54) is 59.4 Å². The number of imidazole rings is 4. The third-order valence-corrected chi connectivity index (χ3v) is 28.9. The smallest absolute Gasteiger partial charge is 0.399 e. The number of benzene rings is 19. The van der Waals surface area contributed by atoms with Gasteiger partial charge in [0.15, 0.2) is 0 Å². The van der Waals surface area contributed by atoms with Gasteiger partial charge in [-0.1, -0.05) is 277 Å². The van der Waals surface area contributed by atoms with Gasteiger partial charge in [-0.3, -0.25) is 17.6 Å². The summed E-state index contributed by atoms with van der Waals surface area (Å²) in [6, 6.07) is 135. The maximum atomic E-state index is 6.27. The van der Waals surface area contributed by atoms with E-state index in [1.807, 2.05) is 84.9 Å². The van der Waals surface area contributed by atoms with Crippen molar-refractivity contribution in [3.63, 3.8) is 0 Å².